The largest absolute Gasteiger partial charge is 0.496 e. The van der Waals surface area contributed by atoms with Crippen LogP contribution in [-0.4, -0.2) is 36.0 Å². The molecule has 2 fully saturated rings. The fraction of sp³-hybridized carbons (Fsp3) is 0.435. The van der Waals surface area contributed by atoms with E-state index in [1.165, 1.54) is 19.2 Å². The highest BCUT2D eigenvalue weighted by Gasteiger charge is 2.41. The van der Waals surface area contributed by atoms with Gasteiger partial charge in [0.05, 0.1) is 18.2 Å². The third-order valence-electron chi connectivity index (χ3n) is 6.40. The van der Waals surface area contributed by atoms with E-state index in [1.807, 2.05) is 0 Å². The Morgan fingerprint density at radius 2 is 1.91 bits per heavy atom. The molecule has 0 aromatic heterocycles. The normalized spacial score (nSPS) is 23.2. The van der Waals surface area contributed by atoms with Gasteiger partial charge in [-0.05, 0) is 59.3 Å². The molecule has 9 heteroatoms. The number of carbonyl (C=O) groups is 1. The minimum atomic E-state index is -4.34. The van der Waals surface area contributed by atoms with Crippen LogP contribution in [0.3, 0.4) is 0 Å². The summed E-state index contributed by atoms with van der Waals surface area (Å²) in [4.78, 5) is 15.2. The van der Waals surface area contributed by atoms with Gasteiger partial charge in [0.15, 0.2) is 0 Å². The highest BCUT2D eigenvalue weighted by molar-refractivity contribution is 9.10. The highest BCUT2D eigenvalue weighted by atomic mass is 79.9. The molecule has 2 saturated heterocycles. The fourth-order valence-corrected chi connectivity index (χ4v) is 5.23. The first-order valence-electron chi connectivity index (χ1n) is 10.5. The summed E-state index contributed by atoms with van der Waals surface area (Å²) in [5.74, 6) is 0.187. The van der Waals surface area contributed by atoms with Crippen molar-refractivity contribution in [2.75, 3.05) is 12.8 Å². The Hall–Kier alpha value is -2.26. The zero-order valence-corrected chi connectivity index (χ0v) is 19.2. The molecule has 2 aliphatic rings. The first kappa shape index (κ1) is 22.9. The second-order valence-corrected chi connectivity index (χ2v) is 9.33. The summed E-state index contributed by atoms with van der Waals surface area (Å²) in [5, 5.41) is 3.11. The maximum atomic E-state index is 13.1. The SMILES string of the molecule is COc1cc(N)c(Br)cc1C(=O)NC1CC2CCC(C1)N2Cc1cccc(C(F)(F)F)c1. The van der Waals surface area contributed by atoms with Gasteiger partial charge in [-0.2, -0.15) is 13.2 Å². The van der Waals surface area contributed by atoms with E-state index in [2.05, 4.69) is 26.1 Å². The average molecular weight is 512 g/mol. The summed E-state index contributed by atoms with van der Waals surface area (Å²) in [6, 6.07) is 9.27. The molecule has 32 heavy (non-hydrogen) atoms. The molecule has 2 heterocycles. The number of nitrogen functional groups attached to an aromatic ring is 1. The Morgan fingerprint density at radius 1 is 1.22 bits per heavy atom. The second-order valence-electron chi connectivity index (χ2n) is 8.47. The van der Waals surface area contributed by atoms with Crippen LogP contribution >= 0.6 is 15.9 Å². The topological polar surface area (TPSA) is 67.6 Å². The second kappa shape index (κ2) is 8.94. The number of hydrogen-bond donors (Lipinski definition) is 2. The lowest BCUT2D eigenvalue weighted by molar-refractivity contribution is -0.137. The van der Waals surface area contributed by atoms with Gasteiger partial charge in [-0.3, -0.25) is 9.69 Å². The molecule has 2 unspecified atom stereocenters. The van der Waals surface area contributed by atoms with Crippen molar-refractivity contribution in [1.82, 2.24) is 10.2 Å². The minimum Gasteiger partial charge on any atom is -0.496 e. The molecule has 3 N–H and O–H groups in total. The quantitative estimate of drug-likeness (QED) is 0.555. The zero-order valence-electron chi connectivity index (χ0n) is 17.6. The van der Waals surface area contributed by atoms with E-state index < -0.39 is 11.7 Å². The summed E-state index contributed by atoms with van der Waals surface area (Å²) in [5.41, 5.74) is 6.82. The molecule has 0 spiro atoms. The standard InChI is InChI=1S/C23H25BrF3N3O2/c1-32-21-11-20(28)19(24)10-18(21)22(31)29-15-8-16-5-6-17(9-15)30(16)12-13-3-2-4-14(7-13)23(25,26)27/h2-4,7,10-11,15-17H,5-6,8-9,12,28H2,1H3,(H,29,31). The van der Waals surface area contributed by atoms with Crippen molar-refractivity contribution in [3.8, 4) is 5.75 Å². The van der Waals surface area contributed by atoms with Crippen LogP contribution in [0.1, 0.15) is 47.2 Å². The van der Waals surface area contributed by atoms with E-state index in [1.54, 1.807) is 18.2 Å². The summed E-state index contributed by atoms with van der Waals surface area (Å²) < 4.78 is 45.1. The molecular formula is C23H25BrF3N3O2. The number of hydrogen-bond acceptors (Lipinski definition) is 4. The Labute approximate surface area is 193 Å². The number of halogens is 4. The van der Waals surface area contributed by atoms with Crippen molar-refractivity contribution in [1.29, 1.82) is 0 Å². The summed E-state index contributed by atoms with van der Waals surface area (Å²) in [6.07, 6.45) is -0.858. The number of fused-ring (bicyclic) bond motifs is 2. The van der Waals surface area contributed by atoms with E-state index in [4.69, 9.17) is 10.5 Å². The molecular weight excluding hydrogens is 487 g/mol. The van der Waals surface area contributed by atoms with Crippen molar-refractivity contribution in [2.24, 2.45) is 0 Å². The number of ether oxygens (including phenoxy) is 1. The summed E-state index contributed by atoms with van der Waals surface area (Å²) in [7, 11) is 1.49. The number of anilines is 1. The Balaban J connectivity index is 1.43. The van der Waals surface area contributed by atoms with Gasteiger partial charge in [-0.1, -0.05) is 18.2 Å². The monoisotopic (exact) mass is 511 g/mol. The number of amides is 1. The lowest BCUT2D eigenvalue weighted by atomic mass is 9.96. The molecule has 0 radical (unpaired) electrons. The molecule has 1 amide bonds. The predicted octanol–water partition coefficient (Wildman–Crippen LogP) is 4.98. The van der Waals surface area contributed by atoms with Gasteiger partial charge in [-0.25, -0.2) is 0 Å². The first-order valence-corrected chi connectivity index (χ1v) is 11.3. The number of benzene rings is 2. The molecule has 2 atom stereocenters. The summed E-state index contributed by atoms with van der Waals surface area (Å²) in [6.45, 7) is 0.485. The lowest BCUT2D eigenvalue weighted by Crippen LogP contribution is -2.50. The molecule has 0 aliphatic carbocycles. The van der Waals surface area contributed by atoms with E-state index >= 15 is 0 Å². The average Bonchev–Trinajstić information content (AvgIpc) is 2.97. The van der Waals surface area contributed by atoms with E-state index in [0.29, 0.717) is 33.6 Å². The van der Waals surface area contributed by atoms with Gasteiger partial charge >= 0.3 is 6.18 Å². The summed E-state index contributed by atoms with van der Waals surface area (Å²) >= 11 is 3.35. The number of carbonyl (C=O) groups excluding carboxylic acids is 1. The third kappa shape index (κ3) is 4.73. The smallest absolute Gasteiger partial charge is 0.416 e. The van der Waals surface area contributed by atoms with Crippen LogP contribution in [-0.2, 0) is 12.7 Å². The van der Waals surface area contributed by atoms with Crippen LogP contribution in [0, 0.1) is 0 Å². The molecule has 2 aromatic rings. The maximum absolute atomic E-state index is 13.1. The highest BCUT2D eigenvalue weighted by Crippen LogP contribution is 2.38. The Bertz CT molecular complexity index is 1000. The van der Waals surface area contributed by atoms with Crippen molar-refractivity contribution < 1.29 is 22.7 Å². The van der Waals surface area contributed by atoms with Crippen LogP contribution in [0.15, 0.2) is 40.9 Å². The number of nitrogens with two attached hydrogens (primary N) is 1. The number of nitrogens with one attached hydrogen (secondary N) is 1. The Kier molecular flexibility index (Phi) is 6.40. The predicted molar refractivity (Wildman–Crippen MR) is 119 cm³/mol. The third-order valence-corrected chi connectivity index (χ3v) is 7.09. The molecule has 2 aromatic carbocycles. The zero-order chi connectivity index (χ0) is 23.0. The van der Waals surface area contributed by atoms with Gasteiger partial charge in [0.1, 0.15) is 5.75 Å². The number of alkyl halides is 3. The van der Waals surface area contributed by atoms with Gasteiger partial charge in [0.25, 0.3) is 5.91 Å². The first-order chi connectivity index (χ1) is 15.2. The van der Waals surface area contributed by atoms with Crippen LogP contribution < -0.4 is 15.8 Å². The number of methoxy groups -OCH3 is 1. The lowest BCUT2D eigenvalue weighted by Gasteiger charge is -2.39. The van der Waals surface area contributed by atoms with Crippen molar-refractivity contribution in [2.45, 2.75) is 56.5 Å². The van der Waals surface area contributed by atoms with Crippen LogP contribution in [0.2, 0.25) is 0 Å². The van der Waals surface area contributed by atoms with Crippen LogP contribution in [0.25, 0.3) is 0 Å². The molecule has 0 saturated carbocycles. The van der Waals surface area contributed by atoms with Crippen LogP contribution in [0.5, 0.6) is 5.75 Å². The number of rotatable bonds is 5. The van der Waals surface area contributed by atoms with Crippen molar-refractivity contribution in [3.63, 3.8) is 0 Å². The fourth-order valence-electron chi connectivity index (χ4n) is 4.89. The van der Waals surface area contributed by atoms with Gasteiger partial charge in [-0.15, -0.1) is 0 Å². The van der Waals surface area contributed by atoms with Gasteiger partial charge in [0, 0.05) is 40.9 Å². The molecule has 4 rings (SSSR count). The number of piperidine rings is 1. The van der Waals surface area contributed by atoms with Crippen molar-refractivity contribution in [3.05, 3.63) is 57.6 Å². The number of nitrogens with zero attached hydrogens (tertiary/aromatic N) is 1. The van der Waals surface area contributed by atoms with E-state index in [0.717, 1.165) is 31.7 Å². The maximum Gasteiger partial charge on any atom is 0.416 e. The minimum absolute atomic E-state index is 0.00112. The molecule has 172 valence electrons. The van der Waals surface area contributed by atoms with Crippen molar-refractivity contribution >= 4 is 27.5 Å². The van der Waals surface area contributed by atoms with E-state index in [9.17, 15) is 18.0 Å². The Morgan fingerprint density at radius 3 is 2.53 bits per heavy atom. The molecule has 2 aliphatic heterocycles. The van der Waals surface area contributed by atoms with Gasteiger partial charge in [0.2, 0.25) is 0 Å². The molecule has 2 bridgehead atoms. The molecule has 5 nitrogen and oxygen atoms in total. The van der Waals surface area contributed by atoms with Gasteiger partial charge < -0.3 is 15.8 Å². The van der Waals surface area contributed by atoms with Crippen LogP contribution in [0.4, 0.5) is 18.9 Å². The van der Waals surface area contributed by atoms with E-state index in [-0.39, 0.29) is 24.0 Å².